The van der Waals surface area contributed by atoms with Gasteiger partial charge in [0.25, 0.3) is 0 Å². The van der Waals surface area contributed by atoms with Gasteiger partial charge in [0.15, 0.2) is 0 Å². The molecule has 2 saturated carbocycles. The highest BCUT2D eigenvalue weighted by Gasteiger charge is 2.36. The van der Waals surface area contributed by atoms with Crippen molar-refractivity contribution in [2.45, 2.75) is 49.8 Å². The molecule has 5 nitrogen and oxygen atoms in total. The van der Waals surface area contributed by atoms with Crippen molar-refractivity contribution in [3.63, 3.8) is 0 Å². The minimum Gasteiger partial charge on any atom is -0.481 e. The number of hydrogen-bond acceptors (Lipinski definition) is 3. The van der Waals surface area contributed by atoms with Crippen molar-refractivity contribution in [3.8, 4) is 0 Å². The number of carboxylic acid groups (broad SMARTS) is 1. The maximum absolute atomic E-state index is 11.9. The predicted octanol–water partition coefficient (Wildman–Crippen LogP) is 0.712. The fraction of sp³-hybridized carbons (Fsp3) is 0.900. The van der Waals surface area contributed by atoms with E-state index in [1.54, 1.807) is 0 Å². The van der Waals surface area contributed by atoms with Gasteiger partial charge in [-0.25, -0.2) is 13.1 Å². The number of hydrogen-bond donors (Lipinski definition) is 2. The summed E-state index contributed by atoms with van der Waals surface area (Å²) in [5.41, 5.74) is 0. The molecule has 0 radical (unpaired) electrons. The van der Waals surface area contributed by atoms with Crippen molar-refractivity contribution in [3.05, 3.63) is 0 Å². The van der Waals surface area contributed by atoms with Gasteiger partial charge in [-0.05, 0) is 38.5 Å². The Hall–Kier alpha value is -0.620. The van der Waals surface area contributed by atoms with E-state index in [4.69, 9.17) is 5.11 Å². The van der Waals surface area contributed by atoms with E-state index in [-0.39, 0.29) is 17.2 Å². The van der Waals surface area contributed by atoms with Crippen LogP contribution in [0.2, 0.25) is 0 Å². The lowest BCUT2D eigenvalue weighted by atomic mass is 9.89. The molecule has 16 heavy (non-hydrogen) atoms. The van der Waals surface area contributed by atoms with Crippen LogP contribution in [0.25, 0.3) is 0 Å². The Morgan fingerprint density at radius 1 is 1.06 bits per heavy atom. The second-order valence-electron chi connectivity index (χ2n) is 4.75. The van der Waals surface area contributed by atoms with Crippen LogP contribution in [0.3, 0.4) is 0 Å². The largest absolute Gasteiger partial charge is 0.481 e. The Kier molecular flexibility index (Phi) is 3.21. The smallest absolute Gasteiger partial charge is 0.306 e. The van der Waals surface area contributed by atoms with Crippen molar-refractivity contribution < 1.29 is 18.3 Å². The number of rotatable bonds is 4. The highest BCUT2D eigenvalue weighted by Crippen LogP contribution is 2.30. The standard InChI is InChI=1S/C10H17NO4S/c12-10(13)7-1-5-9(6-2-7)16(14,15)11-8-3-4-8/h7-9,11H,1-6H2,(H,12,13). The average molecular weight is 247 g/mol. The van der Waals surface area contributed by atoms with E-state index < -0.39 is 16.0 Å². The summed E-state index contributed by atoms with van der Waals surface area (Å²) in [6.45, 7) is 0. The molecule has 92 valence electrons. The Labute approximate surface area is 95.3 Å². The number of carboxylic acids is 1. The summed E-state index contributed by atoms with van der Waals surface area (Å²) in [5.74, 6) is -1.15. The second kappa shape index (κ2) is 4.33. The molecule has 0 aromatic rings. The molecule has 0 amide bonds. The number of carbonyl (C=O) groups is 1. The summed E-state index contributed by atoms with van der Waals surface area (Å²) in [6.07, 6.45) is 3.77. The first kappa shape index (κ1) is 11.9. The first-order valence-corrected chi connectivity index (χ1v) is 7.27. The Morgan fingerprint density at radius 3 is 2.06 bits per heavy atom. The minimum atomic E-state index is -3.21. The summed E-state index contributed by atoms with van der Waals surface area (Å²) in [5, 5.41) is 8.43. The van der Waals surface area contributed by atoms with Gasteiger partial charge in [0.1, 0.15) is 0 Å². The van der Waals surface area contributed by atoms with E-state index in [0.717, 1.165) is 12.8 Å². The predicted molar refractivity (Wildman–Crippen MR) is 58.5 cm³/mol. The third kappa shape index (κ3) is 2.74. The van der Waals surface area contributed by atoms with Crippen LogP contribution >= 0.6 is 0 Å². The molecule has 6 heteroatoms. The van der Waals surface area contributed by atoms with Gasteiger partial charge >= 0.3 is 5.97 Å². The maximum Gasteiger partial charge on any atom is 0.306 e. The van der Waals surface area contributed by atoms with E-state index in [1.807, 2.05) is 0 Å². The molecule has 0 heterocycles. The van der Waals surface area contributed by atoms with Gasteiger partial charge in [-0.3, -0.25) is 4.79 Å². The van der Waals surface area contributed by atoms with Crippen LogP contribution in [-0.4, -0.2) is 30.8 Å². The van der Waals surface area contributed by atoms with E-state index in [2.05, 4.69) is 4.72 Å². The first-order chi connectivity index (χ1) is 7.49. The molecule has 0 unspecified atom stereocenters. The molecular weight excluding hydrogens is 230 g/mol. The number of nitrogens with one attached hydrogen (secondary N) is 1. The lowest BCUT2D eigenvalue weighted by molar-refractivity contribution is -0.142. The zero-order chi connectivity index (χ0) is 11.8. The van der Waals surface area contributed by atoms with Crippen molar-refractivity contribution in [1.82, 2.24) is 4.72 Å². The van der Waals surface area contributed by atoms with Crippen molar-refractivity contribution >= 4 is 16.0 Å². The van der Waals surface area contributed by atoms with Crippen LogP contribution in [0.5, 0.6) is 0 Å². The van der Waals surface area contributed by atoms with Gasteiger partial charge in [-0.15, -0.1) is 0 Å². The average Bonchev–Trinajstić information content (AvgIpc) is 3.01. The van der Waals surface area contributed by atoms with E-state index in [1.165, 1.54) is 0 Å². The molecule has 2 N–H and O–H groups in total. The van der Waals surface area contributed by atoms with Crippen molar-refractivity contribution in [2.75, 3.05) is 0 Å². The molecule has 2 rings (SSSR count). The zero-order valence-corrected chi connectivity index (χ0v) is 9.87. The van der Waals surface area contributed by atoms with Crippen molar-refractivity contribution in [1.29, 1.82) is 0 Å². The first-order valence-electron chi connectivity index (χ1n) is 5.73. The zero-order valence-electron chi connectivity index (χ0n) is 9.05. The maximum atomic E-state index is 11.9. The summed E-state index contributed by atoms with van der Waals surface area (Å²) in [6, 6.07) is 0.141. The molecule has 0 aromatic heterocycles. The fourth-order valence-corrected chi connectivity index (χ4v) is 3.94. The van der Waals surface area contributed by atoms with Gasteiger partial charge in [0, 0.05) is 6.04 Å². The molecule has 0 bridgehead atoms. The van der Waals surface area contributed by atoms with E-state index >= 15 is 0 Å². The van der Waals surface area contributed by atoms with Crippen molar-refractivity contribution in [2.24, 2.45) is 5.92 Å². The van der Waals surface area contributed by atoms with Crippen LogP contribution in [0.15, 0.2) is 0 Å². The molecule has 0 aromatic carbocycles. The highest BCUT2D eigenvalue weighted by molar-refractivity contribution is 7.90. The normalized spacial score (nSPS) is 31.2. The minimum absolute atomic E-state index is 0.141. The topological polar surface area (TPSA) is 83.5 Å². The third-order valence-corrected chi connectivity index (χ3v) is 5.38. The van der Waals surface area contributed by atoms with E-state index in [0.29, 0.717) is 25.7 Å². The van der Waals surface area contributed by atoms with Crippen LogP contribution < -0.4 is 4.72 Å². The summed E-state index contributed by atoms with van der Waals surface area (Å²) >= 11 is 0. The molecule has 2 aliphatic rings. The number of aliphatic carboxylic acids is 1. The SMILES string of the molecule is O=C(O)C1CCC(S(=O)(=O)NC2CC2)CC1. The van der Waals surface area contributed by atoms with Crippen LogP contribution in [0.1, 0.15) is 38.5 Å². The third-order valence-electron chi connectivity index (χ3n) is 3.37. The van der Waals surface area contributed by atoms with Crippen LogP contribution in [0, 0.1) is 5.92 Å². The lowest BCUT2D eigenvalue weighted by Crippen LogP contribution is -2.38. The molecule has 0 spiro atoms. The Morgan fingerprint density at radius 2 is 1.62 bits per heavy atom. The van der Waals surface area contributed by atoms with Gasteiger partial charge < -0.3 is 5.11 Å². The summed E-state index contributed by atoms with van der Waals surface area (Å²) in [7, 11) is -3.21. The quantitative estimate of drug-likeness (QED) is 0.766. The van der Waals surface area contributed by atoms with Crippen LogP contribution in [0.4, 0.5) is 0 Å². The summed E-state index contributed by atoms with van der Waals surface area (Å²) in [4.78, 5) is 10.7. The lowest BCUT2D eigenvalue weighted by Gasteiger charge is -2.25. The highest BCUT2D eigenvalue weighted by atomic mass is 32.2. The van der Waals surface area contributed by atoms with Crippen LogP contribution in [-0.2, 0) is 14.8 Å². The summed E-state index contributed by atoms with van der Waals surface area (Å²) < 4.78 is 26.4. The molecule has 2 aliphatic carbocycles. The second-order valence-corrected chi connectivity index (χ2v) is 6.74. The van der Waals surface area contributed by atoms with Gasteiger partial charge in [0.2, 0.25) is 10.0 Å². The Balaban J connectivity index is 1.90. The molecule has 2 fully saturated rings. The molecule has 0 atom stereocenters. The van der Waals surface area contributed by atoms with E-state index in [9.17, 15) is 13.2 Å². The number of sulfonamides is 1. The van der Waals surface area contributed by atoms with Gasteiger partial charge in [-0.2, -0.15) is 0 Å². The molecular formula is C10H17NO4S. The Bertz CT molecular complexity index is 366. The molecule has 0 saturated heterocycles. The molecule has 0 aliphatic heterocycles. The fourth-order valence-electron chi connectivity index (χ4n) is 2.15. The van der Waals surface area contributed by atoms with Gasteiger partial charge in [-0.1, -0.05) is 0 Å². The van der Waals surface area contributed by atoms with Gasteiger partial charge in [0.05, 0.1) is 11.2 Å². The monoisotopic (exact) mass is 247 g/mol.